The maximum absolute atomic E-state index is 15.0. The zero-order chi connectivity index (χ0) is 20.9. The van der Waals surface area contributed by atoms with Crippen LogP contribution in [-0.2, 0) is 6.42 Å². The molecule has 0 aliphatic carbocycles. The molecule has 6 heteroatoms. The Balaban J connectivity index is 1.72. The minimum Gasteiger partial charge on any atom is -0.384 e. The third-order valence-corrected chi connectivity index (χ3v) is 5.20. The second-order valence-corrected chi connectivity index (χ2v) is 7.16. The van der Waals surface area contributed by atoms with Gasteiger partial charge in [-0.3, -0.25) is 4.98 Å². The lowest BCUT2D eigenvalue weighted by molar-refractivity contribution is 0.566. The summed E-state index contributed by atoms with van der Waals surface area (Å²) in [5, 5.41) is 3.29. The number of aromatic nitrogens is 2. The molecule has 152 valence electrons. The van der Waals surface area contributed by atoms with Gasteiger partial charge in [-0.05, 0) is 42.3 Å². The van der Waals surface area contributed by atoms with Crippen LogP contribution in [0.2, 0.25) is 0 Å². The average Bonchev–Trinajstić information content (AvgIpc) is 2.79. The van der Waals surface area contributed by atoms with Crippen molar-refractivity contribution in [2.75, 3.05) is 36.8 Å². The molecule has 1 aliphatic rings. The van der Waals surface area contributed by atoms with Gasteiger partial charge < -0.3 is 16.0 Å². The number of rotatable bonds is 3. The summed E-state index contributed by atoms with van der Waals surface area (Å²) in [7, 11) is 0. The van der Waals surface area contributed by atoms with Crippen molar-refractivity contribution in [3.63, 3.8) is 0 Å². The van der Waals surface area contributed by atoms with Crippen LogP contribution in [0.25, 0.3) is 11.1 Å². The lowest BCUT2D eigenvalue weighted by Gasteiger charge is -2.29. The molecule has 3 aromatic rings. The van der Waals surface area contributed by atoms with E-state index < -0.39 is 0 Å². The number of nitrogens with one attached hydrogen (secondary N) is 1. The van der Waals surface area contributed by atoms with Gasteiger partial charge in [-0.1, -0.05) is 24.8 Å². The van der Waals surface area contributed by atoms with Crippen molar-refractivity contribution < 1.29 is 4.39 Å². The Hall–Kier alpha value is -3.43. The van der Waals surface area contributed by atoms with Gasteiger partial charge >= 0.3 is 0 Å². The van der Waals surface area contributed by atoms with Gasteiger partial charge in [0.15, 0.2) is 0 Å². The van der Waals surface area contributed by atoms with E-state index in [0.29, 0.717) is 11.5 Å². The molecule has 0 unspecified atom stereocenters. The molecule has 0 spiro atoms. The lowest BCUT2D eigenvalue weighted by atomic mass is 9.97. The number of nitrogen functional groups attached to an aromatic ring is 1. The quantitative estimate of drug-likeness (QED) is 0.660. The highest BCUT2D eigenvalue weighted by Crippen LogP contribution is 2.30. The Kier molecular flexibility index (Phi) is 5.92. The Bertz CT molecular complexity index is 1090. The van der Waals surface area contributed by atoms with E-state index >= 15 is 0 Å². The number of aryl methyl sites for hydroxylation is 1. The van der Waals surface area contributed by atoms with Crippen LogP contribution in [-0.4, -0.2) is 36.1 Å². The second-order valence-electron chi connectivity index (χ2n) is 7.16. The first-order valence-corrected chi connectivity index (χ1v) is 10.1. The van der Waals surface area contributed by atoms with E-state index in [1.54, 1.807) is 24.5 Å². The first-order chi connectivity index (χ1) is 14.7. The predicted molar refractivity (Wildman–Crippen MR) is 119 cm³/mol. The molecule has 0 atom stereocenters. The van der Waals surface area contributed by atoms with Crippen LogP contribution in [0.5, 0.6) is 0 Å². The highest BCUT2D eigenvalue weighted by molar-refractivity contribution is 5.74. The Morgan fingerprint density at radius 2 is 1.93 bits per heavy atom. The van der Waals surface area contributed by atoms with Crippen LogP contribution in [0, 0.1) is 17.7 Å². The van der Waals surface area contributed by atoms with Gasteiger partial charge in [0.05, 0.1) is 16.9 Å². The molecule has 1 aliphatic heterocycles. The largest absolute Gasteiger partial charge is 0.384 e. The first kappa shape index (κ1) is 19.9. The van der Waals surface area contributed by atoms with Crippen LogP contribution in [0.3, 0.4) is 0 Å². The third kappa shape index (κ3) is 4.27. The molecule has 1 fully saturated rings. The van der Waals surface area contributed by atoms with E-state index in [9.17, 15) is 4.39 Å². The van der Waals surface area contributed by atoms with Gasteiger partial charge in [0.25, 0.3) is 0 Å². The standard InChI is InChI=1S/C24H24FN5/c1-2-22-20(6-3-17-4-8-24(26)29-16-17)19(9-10-28-22)18-5-7-23(21(25)15-18)30-13-11-27-12-14-30/h4-5,7-10,15-16,27H,2,11-14H2,1H3,(H2,26,29). The monoisotopic (exact) mass is 401 g/mol. The van der Waals surface area contributed by atoms with E-state index in [-0.39, 0.29) is 5.82 Å². The molecule has 0 saturated carbocycles. The Labute approximate surface area is 176 Å². The molecule has 0 amide bonds. The van der Waals surface area contributed by atoms with Crippen molar-refractivity contribution >= 4 is 11.5 Å². The maximum Gasteiger partial charge on any atom is 0.147 e. The predicted octanol–water partition coefficient (Wildman–Crippen LogP) is 3.24. The first-order valence-electron chi connectivity index (χ1n) is 10.1. The summed E-state index contributed by atoms with van der Waals surface area (Å²) < 4.78 is 15.0. The van der Waals surface area contributed by atoms with E-state index in [1.165, 1.54) is 0 Å². The van der Waals surface area contributed by atoms with Crippen molar-refractivity contribution in [1.82, 2.24) is 15.3 Å². The summed E-state index contributed by atoms with van der Waals surface area (Å²) in [6.45, 7) is 5.38. The number of hydrogen-bond donors (Lipinski definition) is 2. The van der Waals surface area contributed by atoms with Crippen molar-refractivity contribution in [3.05, 3.63) is 71.4 Å². The molecular weight excluding hydrogens is 377 g/mol. The molecule has 1 aromatic carbocycles. The fraction of sp³-hybridized carbons (Fsp3) is 0.250. The van der Waals surface area contributed by atoms with Gasteiger partial charge in [-0.2, -0.15) is 0 Å². The molecule has 0 radical (unpaired) electrons. The molecule has 4 rings (SSSR count). The van der Waals surface area contributed by atoms with Gasteiger partial charge in [-0.25, -0.2) is 9.37 Å². The molecule has 30 heavy (non-hydrogen) atoms. The Morgan fingerprint density at radius 3 is 2.63 bits per heavy atom. The van der Waals surface area contributed by atoms with Gasteiger partial charge in [0.2, 0.25) is 0 Å². The fourth-order valence-corrected chi connectivity index (χ4v) is 3.60. The number of hydrogen-bond acceptors (Lipinski definition) is 5. The summed E-state index contributed by atoms with van der Waals surface area (Å²) >= 11 is 0. The highest BCUT2D eigenvalue weighted by Gasteiger charge is 2.16. The van der Waals surface area contributed by atoms with E-state index in [2.05, 4.69) is 32.0 Å². The lowest BCUT2D eigenvalue weighted by Crippen LogP contribution is -2.43. The van der Waals surface area contributed by atoms with Crippen molar-refractivity contribution in [2.45, 2.75) is 13.3 Å². The number of benzene rings is 1. The minimum atomic E-state index is -0.217. The topological polar surface area (TPSA) is 67.1 Å². The number of nitrogens with zero attached hydrogens (tertiary/aromatic N) is 3. The normalized spacial score (nSPS) is 13.6. The van der Waals surface area contributed by atoms with E-state index in [1.807, 2.05) is 31.2 Å². The van der Waals surface area contributed by atoms with Crippen molar-refractivity contribution in [3.8, 4) is 23.0 Å². The molecule has 2 aromatic heterocycles. The summed E-state index contributed by atoms with van der Waals surface area (Å²) in [6.07, 6.45) is 4.14. The molecule has 5 nitrogen and oxygen atoms in total. The van der Waals surface area contributed by atoms with Gasteiger partial charge in [0.1, 0.15) is 11.6 Å². The Morgan fingerprint density at radius 1 is 1.10 bits per heavy atom. The summed E-state index contributed by atoms with van der Waals surface area (Å²) in [5.74, 6) is 6.60. The smallest absolute Gasteiger partial charge is 0.147 e. The van der Waals surface area contributed by atoms with Crippen LogP contribution in [0.15, 0.2) is 48.8 Å². The summed E-state index contributed by atoms with van der Waals surface area (Å²) in [6, 6.07) is 10.9. The molecular formula is C24H24FN5. The maximum atomic E-state index is 15.0. The number of piperazine rings is 1. The number of halogens is 1. The second kappa shape index (κ2) is 8.93. The van der Waals surface area contributed by atoms with E-state index in [0.717, 1.165) is 60.5 Å². The zero-order valence-electron chi connectivity index (χ0n) is 17.0. The average molecular weight is 401 g/mol. The number of pyridine rings is 2. The van der Waals surface area contributed by atoms with Gasteiger partial charge in [0, 0.05) is 49.7 Å². The molecule has 1 saturated heterocycles. The molecule has 3 N–H and O–H groups in total. The van der Waals surface area contributed by atoms with Crippen molar-refractivity contribution in [1.29, 1.82) is 0 Å². The van der Waals surface area contributed by atoms with Crippen LogP contribution >= 0.6 is 0 Å². The minimum absolute atomic E-state index is 0.217. The third-order valence-electron chi connectivity index (χ3n) is 5.20. The van der Waals surface area contributed by atoms with Crippen LogP contribution in [0.1, 0.15) is 23.7 Å². The molecule has 0 bridgehead atoms. The molecule has 3 heterocycles. The number of anilines is 2. The zero-order valence-corrected chi connectivity index (χ0v) is 17.0. The summed E-state index contributed by atoms with van der Waals surface area (Å²) in [5.41, 5.74) is 10.4. The van der Waals surface area contributed by atoms with Crippen molar-refractivity contribution in [2.24, 2.45) is 0 Å². The SMILES string of the molecule is CCc1nccc(-c2ccc(N3CCNCC3)c(F)c2)c1C#Cc1ccc(N)nc1. The number of nitrogens with two attached hydrogens (primary N) is 1. The van der Waals surface area contributed by atoms with Crippen LogP contribution < -0.4 is 16.0 Å². The van der Waals surface area contributed by atoms with Gasteiger partial charge in [-0.15, -0.1) is 0 Å². The van der Waals surface area contributed by atoms with E-state index in [4.69, 9.17) is 5.73 Å². The highest BCUT2D eigenvalue weighted by atomic mass is 19.1. The fourth-order valence-electron chi connectivity index (χ4n) is 3.60. The summed E-state index contributed by atoms with van der Waals surface area (Å²) in [4.78, 5) is 10.6. The van der Waals surface area contributed by atoms with Crippen LogP contribution in [0.4, 0.5) is 15.9 Å².